The van der Waals surface area contributed by atoms with Crippen molar-refractivity contribution in [1.82, 2.24) is 0 Å². The molecule has 0 aliphatic rings. The van der Waals surface area contributed by atoms with E-state index < -0.39 is 0 Å². The van der Waals surface area contributed by atoms with Gasteiger partial charge in [0.2, 0.25) is 0 Å². The minimum absolute atomic E-state index is 1.06. The van der Waals surface area contributed by atoms with Crippen molar-refractivity contribution < 1.29 is 0 Å². The maximum Gasteiger partial charge on any atom is -0.0190 e. The second kappa shape index (κ2) is 4.55. The molecule has 0 nitrogen and oxygen atoms in total. The van der Waals surface area contributed by atoms with Crippen molar-refractivity contribution in [2.75, 3.05) is 0 Å². The summed E-state index contributed by atoms with van der Waals surface area (Å²) in [6.45, 7) is 6.10. The fourth-order valence-corrected chi connectivity index (χ4v) is 1.01. The van der Waals surface area contributed by atoms with Gasteiger partial charge < -0.3 is 0 Å². The van der Waals surface area contributed by atoms with Gasteiger partial charge in [-0.2, -0.15) is 0 Å². The third-order valence-corrected chi connectivity index (χ3v) is 1.70. The SMILES string of the molecule is C=C(C=CCC)c1ccccc1. The van der Waals surface area contributed by atoms with Gasteiger partial charge in [-0.1, -0.05) is 56.0 Å². The van der Waals surface area contributed by atoms with E-state index in [1.165, 1.54) is 5.56 Å². The molecule has 12 heavy (non-hydrogen) atoms. The summed E-state index contributed by atoms with van der Waals surface area (Å²) in [5, 5.41) is 0. The molecule has 0 unspecified atom stereocenters. The summed E-state index contributed by atoms with van der Waals surface area (Å²) >= 11 is 0. The molecule has 1 aromatic carbocycles. The second-order valence-corrected chi connectivity index (χ2v) is 2.70. The number of benzene rings is 1. The molecule has 0 bridgehead atoms. The average Bonchev–Trinajstić information content (AvgIpc) is 2.15. The molecule has 0 fully saturated rings. The van der Waals surface area contributed by atoms with Crippen LogP contribution in [0.1, 0.15) is 18.9 Å². The highest BCUT2D eigenvalue weighted by atomic mass is 14.0. The highest BCUT2D eigenvalue weighted by molar-refractivity contribution is 5.71. The number of hydrogen-bond acceptors (Lipinski definition) is 0. The zero-order valence-corrected chi connectivity index (χ0v) is 7.46. The summed E-state index contributed by atoms with van der Waals surface area (Å²) in [4.78, 5) is 0. The Balaban J connectivity index is 2.72. The summed E-state index contributed by atoms with van der Waals surface area (Å²) in [7, 11) is 0. The normalized spacial score (nSPS) is 10.4. The molecule has 0 atom stereocenters. The van der Waals surface area contributed by atoms with Crippen molar-refractivity contribution in [3.8, 4) is 0 Å². The van der Waals surface area contributed by atoms with Crippen molar-refractivity contribution in [2.45, 2.75) is 13.3 Å². The van der Waals surface area contributed by atoms with Crippen LogP contribution in [-0.4, -0.2) is 0 Å². The lowest BCUT2D eigenvalue weighted by molar-refractivity contribution is 1.23. The quantitative estimate of drug-likeness (QED) is 0.589. The van der Waals surface area contributed by atoms with E-state index in [4.69, 9.17) is 0 Å². The predicted octanol–water partition coefficient (Wildman–Crippen LogP) is 3.67. The lowest BCUT2D eigenvalue weighted by atomic mass is 10.1. The molecular formula is C12H14. The summed E-state index contributed by atoms with van der Waals surface area (Å²) < 4.78 is 0. The van der Waals surface area contributed by atoms with E-state index in [2.05, 4.69) is 37.8 Å². The Morgan fingerprint density at radius 2 is 2.00 bits per heavy atom. The van der Waals surface area contributed by atoms with E-state index >= 15 is 0 Å². The molecular weight excluding hydrogens is 144 g/mol. The molecule has 0 aliphatic heterocycles. The van der Waals surface area contributed by atoms with Gasteiger partial charge in [-0.25, -0.2) is 0 Å². The van der Waals surface area contributed by atoms with E-state index in [-0.39, 0.29) is 0 Å². The van der Waals surface area contributed by atoms with Crippen LogP contribution in [0, 0.1) is 0 Å². The highest BCUT2D eigenvalue weighted by Gasteiger charge is 1.90. The van der Waals surface area contributed by atoms with Crippen molar-refractivity contribution in [3.05, 3.63) is 54.6 Å². The number of allylic oxidation sites excluding steroid dienone is 3. The lowest BCUT2D eigenvalue weighted by Crippen LogP contribution is -1.76. The van der Waals surface area contributed by atoms with Gasteiger partial charge in [0.25, 0.3) is 0 Å². The van der Waals surface area contributed by atoms with Gasteiger partial charge in [-0.15, -0.1) is 0 Å². The highest BCUT2D eigenvalue weighted by Crippen LogP contribution is 2.12. The maximum absolute atomic E-state index is 3.98. The first kappa shape index (κ1) is 8.79. The zero-order chi connectivity index (χ0) is 8.81. The topological polar surface area (TPSA) is 0 Å². The molecule has 0 aliphatic carbocycles. The predicted molar refractivity (Wildman–Crippen MR) is 54.9 cm³/mol. The van der Waals surface area contributed by atoms with Crippen LogP contribution >= 0.6 is 0 Å². The Morgan fingerprint density at radius 1 is 1.33 bits per heavy atom. The number of hydrogen-bond donors (Lipinski definition) is 0. The van der Waals surface area contributed by atoms with Crippen LogP contribution in [0.5, 0.6) is 0 Å². The Morgan fingerprint density at radius 3 is 2.58 bits per heavy atom. The van der Waals surface area contributed by atoms with Crippen molar-refractivity contribution in [1.29, 1.82) is 0 Å². The standard InChI is InChI=1S/C12H14/c1-3-4-8-11(2)12-9-6-5-7-10-12/h4-10H,2-3H2,1H3. The van der Waals surface area contributed by atoms with Crippen LogP contribution in [0.15, 0.2) is 49.1 Å². The fraction of sp³-hybridized carbons (Fsp3) is 0.167. The van der Waals surface area contributed by atoms with Crippen LogP contribution in [0.4, 0.5) is 0 Å². The summed E-state index contributed by atoms with van der Waals surface area (Å²) in [5.74, 6) is 0. The van der Waals surface area contributed by atoms with Crippen LogP contribution in [0.25, 0.3) is 5.57 Å². The first-order valence-electron chi connectivity index (χ1n) is 4.25. The third-order valence-electron chi connectivity index (χ3n) is 1.70. The molecule has 0 amide bonds. The fourth-order valence-electron chi connectivity index (χ4n) is 1.01. The van der Waals surface area contributed by atoms with E-state index in [0.29, 0.717) is 0 Å². The van der Waals surface area contributed by atoms with Gasteiger partial charge >= 0.3 is 0 Å². The van der Waals surface area contributed by atoms with E-state index in [1.54, 1.807) is 0 Å². The third kappa shape index (κ3) is 2.39. The lowest BCUT2D eigenvalue weighted by Gasteiger charge is -1.97. The summed E-state index contributed by atoms with van der Waals surface area (Å²) in [6, 6.07) is 10.2. The van der Waals surface area contributed by atoms with Gasteiger partial charge in [0, 0.05) is 0 Å². The zero-order valence-electron chi connectivity index (χ0n) is 7.46. The van der Waals surface area contributed by atoms with Crippen LogP contribution in [0.3, 0.4) is 0 Å². The van der Waals surface area contributed by atoms with Crippen LogP contribution < -0.4 is 0 Å². The molecule has 0 N–H and O–H groups in total. The van der Waals surface area contributed by atoms with Gasteiger partial charge in [-0.05, 0) is 17.6 Å². The van der Waals surface area contributed by atoms with E-state index in [0.717, 1.165) is 12.0 Å². The minimum Gasteiger partial charge on any atom is -0.0912 e. The molecule has 1 aromatic rings. The molecule has 0 spiro atoms. The largest absolute Gasteiger partial charge is 0.0912 e. The Kier molecular flexibility index (Phi) is 3.34. The van der Waals surface area contributed by atoms with Crippen molar-refractivity contribution >= 4 is 5.57 Å². The van der Waals surface area contributed by atoms with Gasteiger partial charge in [-0.3, -0.25) is 0 Å². The first-order chi connectivity index (χ1) is 5.84. The van der Waals surface area contributed by atoms with Gasteiger partial charge in [0.05, 0.1) is 0 Å². The molecule has 0 aromatic heterocycles. The van der Waals surface area contributed by atoms with Crippen LogP contribution in [-0.2, 0) is 0 Å². The molecule has 0 heteroatoms. The average molecular weight is 158 g/mol. The smallest absolute Gasteiger partial charge is 0.0190 e. The van der Waals surface area contributed by atoms with Crippen molar-refractivity contribution in [3.63, 3.8) is 0 Å². The molecule has 0 saturated carbocycles. The molecule has 62 valence electrons. The number of rotatable bonds is 3. The maximum atomic E-state index is 3.98. The summed E-state index contributed by atoms with van der Waals surface area (Å²) in [5.41, 5.74) is 2.28. The minimum atomic E-state index is 1.06. The van der Waals surface area contributed by atoms with Crippen molar-refractivity contribution in [2.24, 2.45) is 0 Å². The van der Waals surface area contributed by atoms with Crippen LogP contribution in [0.2, 0.25) is 0 Å². The Hall–Kier alpha value is -1.30. The van der Waals surface area contributed by atoms with E-state index in [1.807, 2.05) is 18.2 Å². The van der Waals surface area contributed by atoms with E-state index in [9.17, 15) is 0 Å². The monoisotopic (exact) mass is 158 g/mol. The Labute approximate surface area is 74.2 Å². The summed E-state index contributed by atoms with van der Waals surface area (Å²) in [6.07, 6.45) is 5.25. The molecule has 0 radical (unpaired) electrons. The molecule has 0 heterocycles. The molecule has 0 saturated heterocycles. The molecule has 1 rings (SSSR count). The van der Waals surface area contributed by atoms with Gasteiger partial charge in [0.15, 0.2) is 0 Å². The Bertz CT molecular complexity index is 267. The van der Waals surface area contributed by atoms with Gasteiger partial charge in [0.1, 0.15) is 0 Å². The second-order valence-electron chi connectivity index (χ2n) is 2.70. The first-order valence-corrected chi connectivity index (χ1v) is 4.25.